The van der Waals surface area contributed by atoms with E-state index in [1.165, 1.54) is 44.4 Å². The smallest absolute Gasteiger partial charge is 0.337 e. The lowest BCUT2D eigenvalue weighted by Crippen LogP contribution is -2.15. The first-order chi connectivity index (χ1) is 14.5. The van der Waals surface area contributed by atoms with E-state index in [4.69, 9.17) is 9.47 Å². The lowest BCUT2D eigenvalue weighted by molar-refractivity contribution is 0.0696. The van der Waals surface area contributed by atoms with Crippen LogP contribution in [0.5, 0.6) is 11.5 Å². The molecule has 30 heavy (non-hydrogen) atoms. The Morgan fingerprint density at radius 3 is 2.67 bits per heavy atom. The number of ether oxygens (including phenoxy) is 2. The first kappa shape index (κ1) is 20.2. The zero-order valence-electron chi connectivity index (χ0n) is 17.4. The Kier molecular flexibility index (Phi) is 5.88. The number of carboxylic acid groups (broad SMARTS) is 1. The second-order valence-corrected chi connectivity index (χ2v) is 8.16. The molecule has 0 spiro atoms. The number of fused-ring (bicyclic) bond motifs is 1. The van der Waals surface area contributed by atoms with Crippen molar-refractivity contribution in [1.29, 1.82) is 0 Å². The normalized spacial score (nSPS) is 14.9. The predicted molar refractivity (Wildman–Crippen MR) is 114 cm³/mol. The summed E-state index contributed by atoms with van der Waals surface area (Å²) in [5.41, 5.74) is 1.97. The van der Waals surface area contributed by atoms with E-state index in [2.05, 4.69) is 15.0 Å². The quantitative estimate of drug-likeness (QED) is 0.565. The molecule has 2 heterocycles. The summed E-state index contributed by atoms with van der Waals surface area (Å²) in [6.07, 6.45) is 7.66. The van der Waals surface area contributed by atoms with Gasteiger partial charge in [0.2, 0.25) is 0 Å². The number of H-pyrrole nitrogens is 1. The summed E-state index contributed by atoms with van der Waals surface area (Å²) in [6, 6.07) is 7.29. The molecular weight excluding hydrogens is 382 g/mol. The average molecular weight is 409 g/mol. The van der Waals surface area contributed by atoms with E-state index >= 15 is 0 Å². The van der Waals surface area contributed by atoms with Crippen molar-refractivity contribution in [2.75, 3.05) is 6.61 Å². The van der Waals surface area contributed by atoms with Gasteiger partial charge in [-0.25, -0.2) is 14.8 Å². The van der Waals surface area contributed by atoms with E-state index in [-0.39, 0.29) is 11.7 Å². The average Bonchev–Trinajstić information content (AvgIpc) is 3.16. The van der Waals surface area contributed by atoms with Gasteiger partial charge in [0, 0.05) is 17.8 Å². The molecule has 7 heteroatoms. The summed E-state index contributed by atoms with van der Waals surface area (Å²) in [5.74, 6) is 1.62. The summed E-state index contributed by atoms with van der Waals surface area (Å²) in [5, 5.41) is 9.18. The van der Waals surface area contributed by atoms with Crippen LogP contribution in [0.4, 0.5) is 0 Å². The van der Waals surface area contributed by atoms with E-state index in [0.717, 1.165) is 11.3 Å². The molecule has 2 N–H and O–H groups in total. The minimum atomic E-state index is -1.02. The zero-order valence-corrected chi connectivity index (χ0v) is 17.4. The van der Waals surface area contributed by atoms with Gasteiger partial charge in [0.05, 0.1) is 23.8 Å². The van der Waals surface area contributed by atoms with E-state index < -0.39 is 5.97 Å². The minimum Gasteiger partial charge on any atom is -0.493 e. The van der Waals surface area contributed by atoms with Gasteiger partial charge >= 0.3 is 5.97 Å². The van der Waals surface area contributed by atoms with E-state index in [1.807, 2.05) is 32.0 Å². The van der Waals surface area contributed by atoms with Crippen molar-refractivity contribution in [1.82, 2.24) is 15.0 Å². The summed E-state index contributed by atoms with van der Waals surface area (Å²) in [7, 11) is 0. The van der Waals surface area contributed by atoms with E-state index in [0.29, 0.717) is 35.3 Å². The molecule has 0 bridgehead atoms. The highest BCUT2D eigenvalue weighted by Crippen LogP contribution is 2.31. The number of aromatic amines is 1. The van der Waals surface area contributed by atoms with Crippen LogP contribution in [-0.2, 0) is 0 Å². The molecule has 1 aliphatic carbocycles. The van der Waals surface area contributed by atoms with Crippen molar-refractivity contribution >= 4 is 17.1 Å². The van der Waals surface area contributed by atoms with Gasteiger partial charge in [0.25, 0.3) is 0 Å². The van der Waals surface area contributed by atoms with Crippen LogP contribution < -0.4 is 9.47 Å². The van der Waals surface area contributed by atoms with Crippen LogP contribution in [0.25, 0.3) is 22.6 Å². The fraction of sp³-hybridized carbons (Fsp3) is 0.435. The highest BCUT2D eigenvalue weighted by atomic mass is 16.5. The minimum absolute atomic E-state index is 0.0295. The molecule has 1 saturated carbocycles. The molecule has 3 aromatic rings. The van der Waals surface area contributed by atoms with Crippen LogP contribution in [0.2, 0.25) is 0 Å². The fourth-order valence-corrected chi connectivity index (χ4v) is 3.85. The van der Waals surface area contributed by atoms with Gasteiger partial charge in [0.15, 0.2) is 5.65 Å². The number of pyridine rings is 1. The second-order valence-electron chi connectivity index (χ2n) is 8.16. The van der Waals surface area contributed by atoms with Gasteiger partial charge in [-0.1, -0.05) is 19.3 Å². The standard InChI is InChI=1S/C23H27N3O4/c1-14(2)30-19-9-16(8-18(11-19)29-13-15-6-4-3-5-7-15)21-25-20-10-17(23(27)28)12-24-22(20)26-21/h8-12,14-15H,3-7,13H2,1-2H3,(H,27,28)(H,24,25,26). The van der Waals surface area contributed by atoms with Gasteiger partial charge < -0.3 is 19.6 Å². The first-order valence-electron chi connectivity index (χ1n) is 10.5. The molecule has 0 amide bonds. The van der Waals surface area contributed by atoms with Gasteiger partial charge in [-0.05, 0) is 50.8 Å². The molecule has 0 aliphatic heterocycles. The summed E-state index contributed by atoms with van der Waals surface area (Å²) < 4.78 is 12.1. The Morgan fingerprint density at radius 1 is 1.17 bits per heavy atom. The monoisotopic (exact) mass is 409 g/mol. The molecule has 1 aliphatic rings. The Bertz CT molecular complexity index is 1040. The molecule has 7 nitrogen and oxygen atoms in total. The zero-order chi connectivity index (χ0) is 21.1. The van der Waals surface area contributed by atoms with Crippen molar-refractivity contribution in [3.63, 3.8) is 0 Å². The Labute approximate surface area is 175 Å². The maximum Gasteiger partial charge on any atom is 0.337 e. The lowest BCUT2D eigenvalue weighted by atomic mass is 9.90. The van der Waals surface area contributed by atoms with E-state index in [9.17, 15) is 9.90 Å². The van der Waals surface area contributed by atoms with Gasteiger partial charge in [-0.15, -0.1) is 0 Å². The van der Waals surface area contributed by atoms with Crippen LogP contribution in [0, 0.1) is 5.92 Å². The number of benzene rings is 1. The van der Waals surface area contributed by atoms with Crippen LogP contribution in [0.15, 0.2) is 30.5 Å². The molecule has 2 aromatic heterocycles. The SMILES string of the molecule is CC(C)Oc1cc(OCC2CCCCC2)cc(-c2nc3ncc(C(=O)O)cc3[nH]2)c1. The van der Waals surface area contributed by atoms with Crippen LogP contribution in [-0.4, -0.2) is 38.7 Å². The van der Waals surface area contributed by atoms with Crippen molar-refractivity contribution in [3.05, 3.63) is 36.0 Å². The Balaban J connectivity index is 1.63. The van der Waals surface area contributed by atoms with Crippen molar-refractivity contribution in [2.24, 2.45) is 5.92 Å². The van der Waals surface area contributed by atoms with E-state index in [1.54, 1.807) is 0 Å². The number of rotatable bonds is 7. The Hall–Kier alpha value is -3.09. The van der Waals surface area contributed by atoms with Crippen molar-refractivity contribution < 1.29 is 19.4 Å². The van der Waals surface area contributed by atoms with Crippen LogP contribution in [0.3, 0.4) is 0 Å². The third-order valence-corrected chi connectivity index (χ3v) is 5.32. The van der Waals surface area contributed by atoms with Gasteiger partial charge in [0.1, 0.15) is 17.3 Å². The Morgan fingerprint density at radius 2 is 1.93 bits per heavy atom. The number of nitrogens with one attached hydrogen (secondary N) is 1. The maximum absolute atomic E-state index is 11.2. The largest absolute Gasteiger partial charge is 0.493 e. The van der Waals surface area contributed by atoms with Crippen molar-refractivity contribution in [2.45, 2.75) is 52.1 Å². The number of hydrogen-bond acceptors (Lipinski definition) is 5. The van der Waals surface area contributed by atoms with Gasteiger partial charge in [-0.2, -0.15) is 0 Å². The molecule has 0 unspecified atom stereocenters. The maximum atomic E-state index is 11.2. The third kappa shape index (κ3) is 4.72. The first-order valence-corrected chi connectivity index (χ1v) is 10.5. The highest BCUT2D eigenvalue weighted by Gasteiger charge is 2.16. The number of aromatic carboxylic acids is 1. The van der Waals surface area contributed by atoms with Gasteiger partial charge in [-0.3, -0.25) is 0 Å². The molecule has 4 rings (SSSR count). The molecule has 1 fully saturated rings. The molecule has 0 radical (unpaired) electrons. The molecular formula is C23H27N3O4. The topological polar surface area (TPSA) is 97.3 Å². The van der Waals surface area contributed by atoms with Crippen LogP contribution >= 0.6 is 0 Å². The number of carbonyl (C=O) groups is 1. The number of imidazole rings is 1. The lowest BCUT2D eigenvalue weighted by Gasteiger charge is -2.22. The summed E-state index contributed by atoms with van der Waals surface area (Å²) >= 11 is 0. The number of aromatic nitrogens is 3. The number of nitrogens with zero attached hydrogens (tertiary/aromatic N) is 2. The van der Waals surface area contributed by atoms with Crippen LogP contribution in [0.1, 0.15) is 56.3 Å². The number of hydrogen-bond donors (Lipinski definition) is 2. The predicted octanol–water partition coefficient (Wildman–Crippen LogP) is 5.07. The highest BCUT2D eigenvalue weighted by molar-refractivity contribution is 5.91. The van der Waals surface area contributed by atoms with Crippen molar-refractivity contribution in [3.8, 4) is 22.9 Å². The fourth-order valence-electron chi connectivity index (χ4n) is 3.85. The molecule has 1 aromatic carbocycles. The number of carboxylic acids is 1. The summed E-state index contributed by atoms with van der Waals surface area (Å²) in [6.45, 7) is 4.66. The molecule has 0 atom stereocenters. The molecule has 158 valence electrons. The second kappa shape index (κ2) is 8.73. The third-order valence-electron chi connectivity index (χ3n) is 5.32. The summed E-state index contributed by atoms with van der Waals surface area (Å²) in [4.78, 5) is 23.1. The molecule has 0 saturated heterocycles.